The van der Waals surface area contributed by atoms with Crippen LogP contribution >= 0.6 is 0 Å². The van der Waals surface area contributed by atoms with Gasteiger partial charge in [0.2, 0.25) is 5.91 Å². The minimum Gasteiger partial charge on any atom is -0.361 e. The van der Waals surface area contributed by atoms with E-state index in [9.17, 15) is 14.9 Å². The van der Waals surface area contributed by atoms with E-state index in [1.165, 1.54) is 6.42 Å². The summed E-state index contributed by atoms with van der Waals surface area (Å²) < 4.78 is 0. The number of nitrogens with one attached hydrogen (secondary N) is 2. The van der Waals surface area contributed by atoms with Gasteiger partial charge in [-0.05, 0) is 35.5 Å². The summed E-state index contributed by atoms with van der Waals surface area (Å²) in [5, 5.41) is 17.4. The molecule has 0 saturated carbocycles. The van der Waals surface area contributed by atoms with Gasteiger partial charge in [-0.25, -0.2) is 0 Å². The van der Waals surface area contributed by atoms with Crippen LogP contribution in [0, 0.1) is 10.1 Å². The number of anilines is 1. The maximum absolute atomic E-state index is 13.0. The van der Waals surface area contributed by atoms with Gasteiger partial charge in [-0.2, -0.15) is 0 Å². The topological polar surface area (TPSA) is 87.5 Å². The SMILES string of the molecule is CCCCCCN(CCC(=O)Nc1c(C(C)C)cccc1C(C)C)C1=CC=C([N+](=O)[O-])CN1. The number of dihydropyridines is 1. The Morgan fingerprint density at radius 2 is 1.76 bits per heavy atom. The molecule has 0 aliphatic carbocycles. The van der Waals surface area contributed by atoms with Gasteiger partial charge in [0.15, 0.2) is 0 Å². The molecule has 1 amide bonds. The number of nitro groups is 1. The Morgan fingerprint density at radius 3 is 2.27 bits per heavy atom. The molecule has 2 N–H and O–H groups in total. The molecular weight excluding hydrogens is 416 g/mol. The van der Waals surface area contributed by atoms with E-state index in [-0.39, 0.29) is 23.1 Å². The van der Waals surface area contributed by atoms with Gasteiger partial charge >= 0.3 is 0 Å². The molecule has 0 spiro atoms. The van der Waals surface area contributed by atoms with Gasteiger partial charge in [-0.1, -0.05) is 72.1 Å². The monoisotopic (exact) mass is 456 g/mol. The smallest absolute Gasteiger partial charge is 0.265 e. The number of carbonyl (C=O) groups is 1. The van der Waals surface area contributed by atoms with Crippen LogP contribution in [0.2, 0.25) is 0 Å². The van der Waals surface area contributed by atoms with E-state index in [1.54, 1.807) is 12.2 Å². The van der Waals surface area contributed by atoms with E-state index in [0.717, 1.165) is 48.4 Å². The van der Waals surface area contributed by atoms with Crippen molar-refractivity contribution in [3.05, 3.63) is 63.1 Å². The molecule has 1 aliphatic heterocycles. The molecule has 0 radical (unpaired) electrons. The average molecular weight is 457 g/mol. The number of rotatable bonds is 13. The molecule has 1 heterocycles. The lowest BCUT2D eigenvalue weighted by atomic mass is 9.92. The minimum absolute atomic E-state index is 0.0125. The van der Waals surface area contributed by atoms with Crippen LogP contribution in [-0.2, 0) is 4.79 Å². The van der Waals surface area contributed by atoms with Gasteiger partial charge in [-0.15, -0.1) is 0 Å². The van der Waals surface area contributed by atoms with Crippen molar-refractivity contribution in [2.45, 2.75) is 78.6 Å². The van der Waals surface area contributed by atoms with Crippen molar-refractivity contribution >= 4 is 11.6 Å². The first kappa shape index (κ1) is 26.4. The van der Waals surface area contributed by atoms with Gasteiger partial charge < -0.3 is 15.5 Å². The zero-order valence-corrected chi connectivity index (χ0v) is 20.8. The third-order valence-electron chi connectivity index (χ3n) is 5.99. The van der Waals surface area contributed by atoms with Crippen molar-refractivity contribution in [3.8, 4) is 0 Å². The first-order valence-corrected chi connectivity index (χ1v) is 12.2. The highest BCUT2D eigenvalue weighted by molar-refractivity contribution is 5.92. The molecule has 7 nitrogen and oxygen atoms in total. The van der Waals surface area contributed by atoms with Gasteiger partial charge in [0.25, 0.3) is 5.70 Å². The third-order valence-corrected chi connectivity index (χ3v) is 5.99. The number of hydrogen-bond acceptors (Lipinski definition) is 5. The maximum Gasteiger partial charge on any atom is 0.265 e. The molecule has 33 heavy (non-hydrogen) atoms. The van der Waals surface area contributed by atoms with E-state index in [1.807, 2.05) is 0 Å². The number of allylic oxidation sites excluding steroid dienone is 2. The van der Waals surface area contributed by atoms with Crippen LogP contribution in [0.5, 0.6) is 0 Å². The zero-order valence-electron chi connectivity index (χ0n) is 20.8. The first-order valence-electron chi connectivity index (χ1n) is 12.2. The zero-order chi connectivity index (χ0) is 24.4. The fraction of sp³-hybridized carbons (Fsp3) is 0.577. The fourth-order valence-electron chi connectivity index (χ4n) is 4.03. The second kappa shape index (κ2) is 13.0. The van der Waals surface area contributed by atoms with E-state index in [4.69, 9.17) is 0 Å². The summed E-state index contributed by atoms with van der Waals surface area (Å²) in [5.41, 5.74) is 3.39. The minimum atomic E-state index is -0.363. The molecule has 0 unspecified atom stereocenters. The quantitative estimate of drug-likeness (QED) is 0.224. The van der Waals surface area contributed by atoms with Crippen LogP contribution in [0.1, 0.15) is 89.7 Å². The molecule has 1 aromatic rings. The Bertz CT molecular complexity index is 848. The van der Waals surface area contributed by atoms with Crippen molar-refractivity contribution in [2.24, 2.45) is 0 Å². The summed E-state index contributed by atoms with van der Waals surface area (Å²) in [6, 6.07) is 6.23. The van der Waals surface area contributed by atoms with E-state index in [0.29, 0.717) is 24.8 Å². The highest BCUT2D eigenvalue weighted by atomic mass is 16.6. The normalized spacial score (nSPS) is 13.4. The molecule has 0 atom stereocenters. The highest BCUT2D eigenvalue weighted by Gasteiger charge is 2.20. The van der Waals surface area contributed by atoms with Crippen LogP contribution in [0.3, 0.4) is 0 Å². The number of benzene rings is 1. The molecule has 0 bridgehead atoms. The van der Waals surface area contributed by atoms with Gasteiger partial charge in [0, 0.05) is 31.3 Å². The number of para-hydroxylation sites is 1. The van der Waals surface area contributed by atoms with Crippen LogP contribution in [0.15, 0.2) is 41.9 Å². The molecule has 182 valence electrons. The van der Waals surface area contributed by atoms with Crippen molar-refractivity contribution in [1.29, 1.82) is 0 Å². The molecule has 0 aromatic heterocycles. The first-order chi connectivity index (χ1) is 15.7. The standard InChI is InChI=1S/C26H40N4O3/c1-6-7-8-9-16-29(24-14-13-21(18-27-24)30(32)33)17-15-25(31)28-26-22(19(2)3)11-10-12-23(26)20(4)5/h10-14,19-20,27H,6-9,15-18H2,1-5H3,(H,28,31). The van der Waals surface area contributed by atoms with Gasteiger partial charge in [0.1, 0.15) is 12.4 Å². The summed E-state index contributed by atoms with van der Waals surface area (Å²) in [6.07, 6.45) is 8.14. The summed E-state index contributed by atoms with van der Waals surface area (Å²) in [4.78, 5) is 25.8. The Morgan fingerprint density at radius 1 is 1.09 bits per heavy atom. The highest BCUT2D eigenvalue weighted by Crippen LogP contribution is 2.32. The Hall–Kier alpha value is -2.83. The van der Waals surface area contributed by atoms with Crippen LogP contribution in [0.4, 0.5) is 5.69 Å². The summed E-state index contributed by atoms with van der Waals surface area (Å²) in [5.74, 6) is 1.46. The lowest BCUT2D eigenvalue weighted by Crippen LogP contribution is -2.37. The average Bonchev–Trinajstić information content (AvgIpc) is 2.78. The summed E-state index contributed by atoms with van der Waals surface area (Å²) in [7, 11) is 0. The molecule has 1 aliphatic rings. The number of unbranched alkanes of at least 4 members (excludes halogenated alkanes) is 3. The number of amides is 1. The lowest BCUT2D eigenvalue weighted by molar-refractivity contribution is -0.426. The molecule has 0 fully saturated rings. The summed E-state index contributed by atoms with van der Waals surface area (Å²) >= 11 is 0. The van der Waals surface area contributed by atoms with Crippen molar-refractivity contribution in [2.75, 3.05) is 25.0 Å². The number of hydrogen-bond donors (Lipinski definition) is 2. The molecular formula is C26H40N4O3. The Kier molecular flexibility index (Phi) is 10.4. The van der Waals surface area contributed by atoms with Gasteiger partial charge in [0.05, 0.1) is 4.92 Å². The summed E-state index contributed by atoms with van der Waals surface area (Å²) in [6.45, 7) is 12.3. The fourth-order valence-corrected chi connectivity index (χ4v) is 4.03. The maximum atomic E-state index is 13.0. The van der Waals surface area contributed by atoms with Crippen molar-refractivity contribution in [1.82, 2.24) is 10.2 Å². The Balaban J connectivity index is 2.11. The molecule has 0 saturated heterocycles. The molecule has 2 rings (SSSR count). The van der Waals surface area contributed by atoms with E-state index in [2.05, 4.69) is 68.4 Å². The van der Waals surface area contributed by atoms with Crippen LogP contribution in [0.25, 0.3) is 0 Å². The van der Waals surface area contributed by atoms with E-state index >= 15 is 0 Å². The predicted molar refractivity (Wildman–Crippen MR) is 135 cm³/mol. The Labute approximate surface area is 198 Å². The number of nitrogens with zero attached hydrogens (tertiary/aromatic N) is 2. The van der Waals surface area contributed by atoms with Crippen molar-refractivity contribution < 1.29 is 9.72 Å². The second-order valence-corrected chi connectivity index (χ2v) is 9.29. The van der Waals surface area contributed by atoms with Crippen LogP contribution in [-0.4, -0.2) is 35.4 Å². The van der Waals surface area contributed by atoms with Gasteiger partial charge in [-0.3, -0.25) is 14.9 Å². The third kappa shape index (κ3) is 7.91. The number of carbonyl (C=O) groups excluding carboxylic acids is 1. The predicted octanol–water partition coefficient (Wildman–Crippen LogP) is 5.75. The largest absolute Gasteiger partial charge is 0.361 e. The van der Waals surface area contributed by atoms with Crippen molar-refractivity contribution in [3.63, 3.8) is 0 Å². The second-order valence-electron chi connectivity index (χ2n) is 9.29. The van der Waals surface area contributed by atoms with Crippen LogP contribution < -0.4 is 10.6 Å². The van der Waals surface area contributed by atoms with E-state index < -0.39 is 0 Å². The molecule has 7 heteroatoms. The molecule has 1 aromatic carbocycles. The lowest BCUT2D eigenvalue weighted by Gasteiger charge is -2.29.